The quantitative estimate of drug-likeness (QED) is 0.876. The number of hydrogen-bond acceptors (Lipinski definition) is 4. The molecule has 7 heteroatoms. The minimum Gasteiger partial charge on any atom is -0.350 e. The molecule has 0 unspecified atom stereocenters. The molecular weight excluding hydrogens is 320 g/mol. The fourth-order valence-corrected chi connectivity index (χ4v) is 3.60. The Labute approximate surface area is 134 Å². The Morgan fingerprint density at radius 1 is 1.23 bits per heavy atom. The van der Waals surface area contributed by atoms with Gasteiger partial charge in [-0.2, -0.15) is 4.31 Å². The van der Waals surface area contributed by atoms with Crippen LogP contribution in [-0.4, -0.2) is 32.2 Å². The van der Waals surface area contributed by atoms with E-state index in [1.807, 2.05) is 24.4 Å². The Morgan fingerprint density at radius 3 is 2.50 bits per heavy atom. The maximum Gasteiger partial charge on any atom is 0.243 e. The van der Waals surface area contributed by atoms with Crippen molar-refractivity contribution >= 4 is 27.3 Å². The average molecular weight is 338 g/mol. The minimum absolute atomic E-state index is 0.187. The van der Waals surface area contributed by atoms with Crippen LogP contribution in [0.2, 0.25) is 0 Å². The van der Waals surface area contributed by atoms with Crippen molar-refractivity contribution in [2.24, 2.45) is 0 Å². The van der Waals surface area contributed by atoms with Crippen LogP contribution in [0.3, 0.4) is 0 Å². The summed E-state index contributed by atoms with van der Waals surface area (Å²) < 4.78 is 25.8. The fraction of sp³-hybridized carbons (Fsp3) is 0.267. The number of carbonyl (C=O) groups excluding carboxylic acids is 1. The second-order valence-electron chi connectivity index (χ2n) is 4.93. The van der Waals surface area contributed by atoms with Crippen LogP contribution in [0.25, 0.3) is 0 Å². The number of benzene rings is 1. The zero-order valence-corrected chi connectivity index (χ0v) is 14.1. The van der Waals surface area contributed by atoms with E-state index in [1.54, 1.807) is 35.6 Å². The van der Waals surface area contributed by atoms with Crippen molar-refractivity contribution in [1.29, 1.82) is 0 Å². The topological polar surface area (TPSA) is 66.5 Å². The molecule has 0 aliphatic rings. The van der Waals surface area contributed by atoms with Crippen molar-refractivity contribution < 1.29 is 13.2 Å². The molecule has 0 aliphatic carbocycles. The van der Waals surface area contributed by atoms with Gasteiger partial charge in [0.15, 0.2) is 0 Å². The summed E-state index contributed by atoms with van der Waals surface area (Å²) in [5.41, 5.74) is 0.982. The lowest BCUT2D eigenvalue weighted by Crippen LogP contribution is -2.38. The fourth-order valence-electron chi connectivity index (χ4n) is 1.83. The molecule has 0 radical (unpaired) electrons. The Balaban J connectivity index is 1.96. The largest absolute Gasteiger partial charge is 0.350 e. The third-order valence-corrected chi connectivity index (χ3v) is 5.83. The second-order valence-corrected chi connectivity index (χ2v) is 8.01. The first-order valence-corrected chi connectivity index (χ1v) is 9.03. The van der Waals surface area contributed by atoms with Crippen molar-refractivity contribution in [3.8, 4) is 0 Å². The van der Waals surface area contributed by atoms with Crippen LogP contribution in [-0.2, 0) is 21.4 Å². The maximum atomic E-state index is 12.4. The molecule has 2 aromatic rings. The van der Waals surface area contributed by atoms with Gasteiger partial charge in [0.2, 0.25) is 15.9 Å². The van der Waals surface area contributed by atoms with Gasteiger partial charge in [-0.05, 0) is 30.5 Å². The number of nitrogens with one attached hydrogen (secondary N) is 1. The van der Waals surface area contributed by atoms with E-state index in [-0.39, 0.29) is 17.3 Å². The van der Waals surface area contributed by atoms with Gasteiger partial charge < -0.3 is 5.32 Å². The number of likely N-dealkylation sites (N-methyl/N-ethyl adjacent to an activating group) is 1. The highest BCUT2D eigenvalue weighted by Gasteiger charge is 2.22. The molecule has 0 atom stereocenters. The number of nitrogens with zero attached hydrogens (tertiary/aromatic N) is 1. The maximum absolute atomic E-state index is 12.4. The lowest BCUT2D eigenvalue weighted by molar-refractivity contribution is -0.121. The van der Waals surface area contributed by atoms with Crippen molar-refractivity contribution in [1.82, 2.24) is 9.62 Å². The summed E-state index contributed by atoms with van der Waals surface area (Å²) in [5, 5.41) is 4.64. The summed E-state index contributed by atoms with van der Waals surface area (Å²) in [4.78, 5) is 13.1. The molecular formula is C15H18N2O3S2. The first-order valence-electron chi connectivity index (χ1n) is 6.71. The van der Waals surface area contributed by atoms with Gasteiger partial charge in [-0.15, -0.1) is 11.3 Å². The molecule has 22 heavy (non-hydrogen) atoms. The van der Waals surface area contributed by atoms with E-state index in [4.69, 9.17) is 0 Å². The molecule has 1 aromatic heterocycles. The van der Waals surface area contributed by atoms with Gasteiger partial charge in [0, 0.05) is 11.9 Å². The molecule has 118 valence electrons. The Bertz CT molecular complexity index is 723. The third-order valence-electron chi connectivity index (χ3n) is 3.14. The summed E-state index contributed by atoms with van der Waals surface area (Å²) in [6, 6.07) is 10.4. The molecule has 2 rings (SSSR count). The predicted octanol–water partition coefficient (Wildman–Crippen LogP) is 1.99. The third kappa shape index (κ3) is 4.16. The van der Waals surface area contributed by atoms with Gasteiger partial charge in [-0.1, -0.05) is 23.8 Å². The van der Waals surface area contributed by atoms with E-state index in [0.717, 1.165) is 14.7 Å². The molecule has 0 saturated heterocycles. The highest BCUT2D eigenvalue weighted by molar-refractivity contribution is 7.89. The standard InChI is InChI=1S/C15H18N2O3S2/c1-12-5-7-14(8-6-12)22(19,20)17(2)11-15(18)16-10-13-4-3-9-21-13/h3-9H,10-11H2,1-2H3,(H,16,18). The SMILES string of the molecule is Cc1ccc(S(=O)(=O)N(C)CC(=O)NCc2cccs2)cc1. The first-order chi connectivity index (χ1) is 10.4. The molecule has 1 aromatic carbocycles. The monoisotopic (exact) mass is 338 g/mol. The number of amides is 1. The zero-order chi connectivity index (χ0) is 16.2. The van der Waals surface area contributed by atoms with Gasteiger partial charge in [-0.25, -0.2) is 8.42 Å². The summed E-state index contributed by atoms with van der Waals surface area (Å²) >= 11 is 1.54. The van der Waals surface area contributed by atoms with Gasteiger partial charge in [0.1, 0.15) is 0 Å². The Hall–Kier alpha value is -1.70. The van der Waals surface area contributed by atoms with Gasteiger partial charge in [0.25, 0.3) is 0 Å². The summed E-state index contributed by atoms with van der Waals surface area (Å²) in [6.45, 7) is 2.09. The Kier molecular flexibility index (Phi) is 5.33. The predicted molar refractivity (Wildman–Crippen MR) is 87.2 cm³/mol. The highest BCUT2D eigenvalue weighted by atomic mass is 32.2. The second kappa shape index (κ2) is 7.04. The van der Waals surface area contributed by atoms with Crippen LogP contribution in [0, 0.1) is 6.92 Å². The lowest BCUT2D eigenvalue weighted by atomic mass is 10.2. The highest BCUT2D eigenvalue weighted by Crippen LogP contribution is 2.14. The molecule has 1 amide bonds. The van der Waals surface area contributed by atoms with E-state index in [1.165, 1.54) is 7.05 Å². The number of rotatable bonds is 6. The van der Waals surface area contributed by atoms with E-state index in [9.17, 15) is 13.2 Å². The molecule has 0 saturated carbocycles. The molecule has 1 N–H and O–H groups in total. The lowest BCUT2D eigenvalue weighted by Gasteiger charge is -2.17. The molecule has 1 heterocycles. The van der Waals surface area contributed by atoms with Crippen molar-refractivity contribution in [2.45, 2.75) is 18.4 Å². The van der Waals surface area contributed by atoms with Crippen molar-refractivity contribution in [2.75, 3.05) is 13.6 Å². The zero-order valence-electron chi connectivity index (χ0n) is 12.4. The number of thiophene rings is 1. The van der Waals surface area contributed by atoms with Crippen LogP contribution < -0.4 is 5.32 Å². The Morgan fingerprint density at radius 2 is 1.91 bits per heavy atom. The summed E-state index contributed by atoms with van der Waals surface area (Å²) in [5.74, 6) is -0.327. The van der Waals surface area contributed by atoms with Crippen molar-refractivity contribution in [3.05, 3.63) is 52.2 Å². The first kappa shape index (κ1) is 16.7. The van der Waals surface area contributed by atoms with Crippen LogP contribution >= 0.6 is 11.3 Å². The van der Waals surface area contributed by atoms with E-state index >= 15 is 0 Å². The van der Waals surface area contributed by atoms with E-state index in [0.29, 0.717) is 6.54 Å². The van der Waals surface area contributed by atoms with Gasteiger partial charge in [-0.3, -0.25) is 4.79 Å². The molecule has 0 fully saturated rings. The number of sulfonamides is 1. The van der Waals surface area contributed by atoms with Crippen LogP contribution in [0.4, 0.5) is 0 Å². The summed E-state index contributed by atoms with van der Waals surface area (Å²) in [7, 11) is -2.25. The van der Waals surface area contributed by atoms with E-state index in [2.05, 4.69) is 5.32 Å². The van der Waals surface area contributed by atoms with Crippen LogP contribution in [0.5, 0.6) is 0 Å². The normalized spacial score (nSPS) is 11.6. The molecule has 0 bridgehead atoms. The van der Waals surface area contributed by atoms with Crippen molar-refractivity contribution in [3.63, 3.8) is 0 Å². The van der Waals surface area contributed by atoms with Gasteiger partial charge >= 0.3 is 0 Å². The number of carbonyl (C=O) groups is 1. The molecule has 0 spiro atoms. The number of hydrogen-bond donors (Lipinski definition) is 1. The minimum atomic E-state index is -3.65. The average Bonchev–Trinajstić information content (AvgIpc) is 2.99. The smallest absolute Gasteiger partial charge is 0.243 e. The molecule has 5 nitrogen and oxygen atoms in total. The number of aryl methyl sites for hydroxylation is 1. The van der Waals surface area contributed by atoms with Crippen LogP contribution in [0.15, 0.2) is 46.7 Å². The van der Waals surface area contributed by atoms with Gasteiger partial charge in [0.05, 0.1) is 18.0 Å². The molecule has 0 aliphatic heterocycles. The van der Waals surface area contributed by atoms with E-state index < -0.39 is 10.0 Å². The van der Waals surface area contributed by atoms with Crippen LogP contribution in [0.1, 0.15) is 10.4 Å². The summed E-state index contributed by atoms with van der Waals surface area (Å²) in [6.07, 6.45) is 0.